The van der Waals surface area contributed by atoms with Crippen LogP contribution in [-0.4, -0.2) is 56.1 Å². The van der Waals surface area contributed by atoms with Gasteiger partial charge in [-0.25, -0.2) is 13.8 Å². The van der Waals surface area contributed by atoms with E-state index < -0.39 is 5.82 Å². The number of carbonyl (C=O) groups is 1. The summed E-state index contributed by atoms with van der Waals surface area (Å²) in [6, 6.07) is 12.1. The van der Waals surface area contributed by atoms with Crippen LogP contribution in [0, 0.1) is 12.7 Å². The highest BCUT2D eigenvalue weighted by molar-refractivity contribution is 5.95. The van der Waals surface area contributed by atoms with Crippen molar-refractivity contribution in [1.82, 2.24) is 24.5 Å². The molecule has 8 heteroatoms. The van der Waals surface area contributed by atoms with E-state index in [9.17, 15) is 9.18 Å². The number of fused-ring (bicyclic) bond motifs is 3. The van der Waals surface area contributed by atoms with Gasteiger partial charge in [-0.05, 0) is 57.0 Å². The molecular weight excluding hydrogens is 455 g/mol. The molecule has 2 aliphatic rings. The third-order valence-electron chi connectivity index (χ3n) is 7.71. The zero-order valence-corrected chi connectivity index (χ0v) is 20.8. The number of halogens is 1. The summed E-state index contributed by atoms with van der Waals surface area (Å²) in [5, 5.41) is 10.4. The van der Waals surface area contributed by atoms with Crippen LogP contribution in [0.25, 0.3) is 16.6 Å². The lowest BCUT2D eigenvalue weighted by Gasteiger charge is -2.40. The topological polar surface area (TPSA) is 66.6 Å². The van der Waals surface area contributed by atoms with Crippen LogP contribution in [0.15, 0.2) is 42.5 Å². The van der Waals surface area contributed by atoms with Crippen molar-refractivity contribution in [2.45, 2.75) is 57.9 Å². The van der Waals surface area contributed by atoms with E-state index in [4.69, 9.17) is 10.1 Å². The van der Waals surface area contributed by atoms with Gasteiger partial charge in [-0.2, -0.15) is 0 Å². The van der Waals surface area contributed by atoms with Gasteiger partial charge < -0.3 is 9.80 Å². The van der Waals surface area contributed by atoms with E-state index in [1.54, 1.807) is 12.1 Å². The number of aryl methyl sites for hydroxylation is 1. The predicted octanol–water partition coefficient (Wildman–Crippen LogP) is 5.12. The lowest BCUT2D eigenvalue weighted by atomic mass is 9.89. The van der Waals surface area contributed by atoms with Crippen LogP contribution in [0.2, 0.25) is 0 Å². The van der Waals surface area contributed by atoms with Crippen LogP contribution in [0.1, 0.15) is 66.7 Å². The zero-order chi connectivity index (χ0) is 24.8. The molecule has 1 aliphatic heterocycles. The van der Waals surface area contributed by atoms with Crippen LogP contribution in [-0.2, 0) is 0 Å². The number of aromatic nitrogens is 4. The molecule has 1 aliphatic carbocycles. The molecule has 6 rings (SSSR count). The summed E-state index contributed by atoms with van der Waals surface area (Å²) in [7, 11) is 0. The van der Waals surface area contributed by atoms with Crippen LogP contribution in [0.3, 0.4) is 0 Å². The first-order chi connectivity index (χ1) is 17.5. The van der Waals surface area contributed by atoms with Gasteiger partial charge in [0.2, 0.25) is 5.95 Å². The number of rotatable bonds is 3. The molecule has 3 heterocycles. The summed E-state index contributed by atoms with van der Waals surface area (Å²) in [6.45, 7) is 5.92. The summed E-state index contributed by atoms with van der Waals surface area (Å²) < 4.78 is 15.9. The molecule has 186 valence electrons. The molecule has 1 atom stereocenters. The molecule has 0 bridgehead atoms. The van der Waals surface area contributed by atoms with Crippen molar-refractivity contribution in [1.29, 1.82) is 0 Å². The molecule has 1 saturated carbocycles. The fourth-order valence-corrected chi connectivity index (χ4v) is 5.82. The Labute approximate surface area is 209 Å². The Bertz CT molecular complexity index is 1440. The zero-order valence-electron chi connectivity index (χ0n) is 20.8. The van der Waals surface area contributed by atoms with Crippen molar-refractivity contribution in [3.05, 3.63) is 65.2 Å². The minimum Gasteiger partial charge on any atom is -0.338 e. The van der Waals surface area contributed by atoms with Crippen molar-refractivity contribution in [2.75, 3.05) is 24.5 Å². The Morgan fingerprint density at radius 1 is 1.03 bits per heavy atom. The molecule has 2 fully saturated rings. The highest BCUT2D eigenvalue weighted by Gasteiger charge is 2.32. The summed E-state index contributed by atoms with van der Waals surface area (Å²) in [6.07, 6.45) is 5.95. The minimum atomic E-state index is -0.395. The normalized spacial score (nSPS) is 19.4. The van der Waals surface area contributed by atoms with E-state index in [2.05, 4.69) is 39.5 Å². The number of carbonyl (C=O) groups excluding carboxylic acids is 1. The maximum Gasteiger partial charge on any atom is 0.254 e. The average Bonchev–Trinajstić information content (AvgIpc) is 3.34. The molecule has 4 aromatic rings. The Kier molecular flexibility index (Phi) is 5.82. The molecule has 1 amide bonds. The number of amides is 1. The molecule has 2 aromatic carbocycles. The lowest BCUT2D eigenvalue weighted by Crippen LogP contribution is -2.54. The number of hydrogen-bond donors (Lipinski definition) is 0. The third kappa shape index (κ3) is 3.98. The quantitative estimate of drug-likeness (QED) is 0.402. The van der Waals surface area contributed by atoms with Gasteiger partial charge in [0.25, 0.3) is 5.91 Å². The smallest absolute Gasteiger partial charge is 0.254 e. The van der Waals surface area contributed by atoms with Gasteiger partial charge >= 0.3 is 0 Å². The van der Waals surface area contributed by atoms with Gasteiger partial charge in [-0.15, -0.1) is 10.2 Å². The molecule has 0 radical (unpaired) electrons. The van der Waals surface area contributed by atoms with E-state index in [1.807, 2.05) is 11.8 Å². The minimum absolute atomic E-state index is 0.0605. The Morgan fingerprint density at radius 3 is 2.64 bits per heavy atom. The van der Waals surface area contributed by atoms with Crippen LogP contribution in [0.4, 0.5) is 10.3 Å². The van der Waals surface area contributed by atoms with Crippen LogP contribution in [0.5, 0.6) is 0 Å². The first-order valence-electron chi connectivity index (χ1n) is 13.0. The van der Waals surface area contributed by atoms with Gasteiger partial charge in [0, 0.05) is 42.5 Å². The molecular formula is C28H31FN6O. The second-order valence-corrected chi connectivity index (χ2v) is 10.3. The maximum absolute atomic E-state index is 13.7. The van der Waals surface area contributed by atoms with Crippen molar-refractivity contribution in [3.8, 4) is 0 Å². The highest BCUT2D eigenvalue weighted by Crippen LogP contribution is 2.35. The van der Waals surface area contributed by atoms with Crippen LogP contribution >= 0.6 is 0 Å². The van der Waals surface area contributed by atoms with E-state index in [0.29, 0.717) is 31.1 Å². The number of anilines is 1. The van der Waals surface area contributed by atoms with Crippen molar-refractivity contribution < 1.29 is 9.18 Å². The van der Waals surface area contributed by atoms with Gasteiger partial charge in [0.05, 0.1) is 5.52 Å². The Hall–Kier alpha value is -3.55. The molecule has 0 spiro atoms. The third-order valence-corrected chi connectivity index (χ3v) is 7.71. The first-order valence-corrected chi connectivity index (χ1v) is 13.0. The summed E-state index contributed by atoms with van der Waals surface area (Å²) in [4.78, 5) is 22.4. The lowest BCUT2D eigenvalue weighted by molar-refractivity contribution is 0.0672. The second-order valence-electron chi connectivity index (χ2n) is 10.3. The predicted molar refractivity (Wildman–Crippen MR) is 138 cm³/mol. The average molecular weight is 487 g/mol. The number of benzene rings is 2. The van der Waals surface area contributed by atoms with Gasteiger partial charge in [0.15, 0.2) is 5.65 Å². The van der Waals surface area contributed by atoms with E-state index >= 15 is 0 Å². The summed E-state index contributed by atoms with van der Waals surface area (Å²) >= 11 is 0. The number of hydrogen-bond acceptors (Lipinski definition) is 5. The van der Waals surface area contributed by atoms with E-state index in [-0.39, 0.29) is 11.9 Å². The van der Waals surface area contributed by atoms with E-state index in [1.165, 1.54) is 37.0 Å². The second kappa shape index (κ2) is 9.15. The Morgan fingerprint density at radius 2 is 1.86 bits per heavy atom. The SMILES string of the molecule is Cc1ccc2nc(N3CCN(C(=O)c4cccc(F)c4)[C@H](C)C3)n3c(C4CCCCC4)nnc3c2c1. The summed E-state index contributed by atoms with van der Waals surface area (Å²) in [5.74, 6) is 1.69. The monoisotopic (exact) mass is 486 g/mol. The number of piperazine rings is 1. The molecule has 1 saturated heterocycles. The largest absolute Gasteiger partial charge is 0.338 e. The fourth-order valence-electron chi connectivity index (χ4n) is 5.82. The highest BCUT2D eigenvalue weighted by atomic mass is 19.1. The molecule has 0 unspecified atom stereocenters. The standard InChI is InChI=1S/C28H31FN6O/c1-18-11-12-24-23(15-18)26-32-31-25(20-7-4-3-5-8-20)35(26)28(30-24)33-13-14-34(19(2)17-33)27(36)21-9-6-10-22(29)16-21/h6,9-12,15-16,19-20H,3-5,7-8,13-14,17H2,1-2H3/t19-/m1/s1. The van der Waals surface area contributed by atoms with E-state index in [0.717, 1.165) is 41.2 Å². The van der Waals surface area contributed by atoms with Crippen molar-refractivity contribution >= 4 is 28.4 Å². The molecule has 0 N–H and O–H groups in total. The fraction of sp³-hybridized carbons (Fsp3) is 0.429. The Balaban J connectivity index is 1.38. The molecule has 2 aromatic heterocycles. The molecule has 36 heavy (non-hydrogen) atoms. The first kappa shape index (κ1) is 22.9. The van der Waals surface area contributed by atoms with Gasteiger partial charge in [-0.1, -0.05) is 37.0 Å². The summed E-state index contributed by atoms with van der Waals surface area (Å²) in [5.41, 5.74) is 3.30. The number of nitrogens with zero attached hydrogens (tertiary/aromatic N) is 6. The van der Waals surface area contributed by atoms with Gasteiger partial charge in [0.1, 0.15) is 11.6 Å². The molecule has 7 nitrogen and oxygen atoms in total. The van der Waals surface area contributed by atoms with Crippen molar-refractivity contribution in [3.63, 3.8) is 0 Å². The van der Waals surface area contributed by atoms with Gasteiger partial charge in [-0.3, -0.25) is 4.79 Å². The maximum atomic E-state index is 13.7. The van der Waals surface area contributed by atoms with Crippen molar-refractivity contribution in [2.24, 2.45) is 0 Å². The van der Waals surface area contributed by atoms with Crippen LogP contribution < -0.4 is 4.90 Å².